The van der Waals surface area contributed by atoms with Crippen molar-refractivity contribution in [2.45, 2.75) is 0 Å². The molecule has 0 saturated heterocycles. The highest BCUT2D eigenvalue weighted by Crippen LogP contribution is 2.40. The Morgan fingerprint density at radius 3 is 1.74 bits per heavy atom. The molecule has 0 spiro atoms. The highest BCUT2D eigenvalue weighted by Gasteiger charge is 2.15. The lowest BCUT2D eigenvalue weighted by atomic mass is 10.1. The molecule has 0 bridgehead atoms. The second-order valence-electron chi connectivity index (χ2n) is 10.1. The predicted molar refractivity (Wildman–Crippen MR) is 186 cm³/mol. The van der Waals surface area contributed by atoms with Gasteiger partial charge in [0.1, 0.15) is 5.75 Å². The van der Waals surface area contributed by atoms with Crippen molar-refractivity contribution in [1.29, 1.82) is 0 Å². The number of methoxy groups -OCH3 is 6. The largest absolute Gasteiger partial charge is 0.495 e. The van der Waals surface area contributed by atoms with Crippen molar-refractivity contribution >= 4 is 29.4 Å². The Balaban J connectivity index is 0.000000257. The number of rotatable bonds is 13. The zero-order chi connectivity index (χ0) is 34.3. The Kier molecular flexibility index (Phi) is 13.5. The van der Waals surface area contributed by atoms with Crippen LogP contribution in [0.1, 0.15) is 31.8 Å². The van der Waals surface area contributed by atoms with Crippen molar-refractivity contribution in [1.82, 2.24) is 0 Å². The standard InChI is InChI=1S/C20H23NO4.C18H18O4/c1-21(2)16-13-14(10-12-18(16)23-3)9-11-17(22)15-7-6-8-19(24-4)20(15)25-5;1-20-16-12-10-14(17(21-2)18(16)22-3)9-11-15(19)13-7-5-4-6-8-13/h6-13H,1-5H3;4-12H,1-3H3/b2*11-9+. The van der Waals surface area contributed by atoms with E-state index in [4.69, 9.17) is 28.4 Å². The summed E-state index contributed by atoms with van der Waals surface area (Å²) in [7, 11) is 13.2. The molecule has 0 aliphatic rings. The Morgan fingerprint density at radius 2 is 1.15 bits per heavy atom. The summed E-state index contributed by atoms with van der Waals surface area (Å²) in [6, 6.07) is 23.7. The topological polar surface area (TPSA) is 92.8 Å². The number of allylic oxidation sites excluding steroid dienone is 2. The summed E-state index contributed by atoms with van der Waals surface area (Å²) in [5, 5.41) is 0. The quantitative estimate of drug-likeness (QED) is 0.111. The van der Waals surface area contributed by atoms with Gasteiger partial charge in [0.05, 0.1) is 53.9 Å². The SMILES string of the molecule is COc1ccc(/C=C/C(=O)c2cccc(OC)c2OC)cc1N(C)C.COc1ccc(/C=C/C(=O)c2ccccc2)c(OC)c1OC. The van der Waals surface area contributed by atoms with E-state index in [9.17, 15) is 9.59 Å². The van der Waals surface area contributed by atoms with E-state index in [-0.39, 0.29) is 11.6 Å². The summed E-state index contributed by atoms with van der Waals surface area (Å²) in [5.41, 5.74) is 3.68. The number of nitrogens with zero attached hydrogens (tertiary/aromatic N) is 1. The second-order valence-corrected chi connectivity index (χ2v) is 10.1. The molecule has 0 aliphatic carbocycles. The molecule has 0 atom stereocenters. The third-order valence-electron chi connectivity index (χ3n) is 6.99. The summed E-state index contributed by atoms with van der Waals surface area (Å²) in [6.07, 6.45) is 6.52. The van der Waals surface area contributed by atoms with Crippen LogP contribution in [0.25, 0.3) is 12.2 Å². The van der Waals surface area contributed by atoms with Gasteiger partial charge in [0.2, 0.25) is 5.75 Å². The summed E-state index contributed by atoms with van der Waals surface area (Å²) in [6.45, 7) is 0. The Bertz CT molecular complexity index is 1710. The number of hydrogen-bond donors (Lipinski definition) is 0. The van der Waals surface area contributed by atoms with Crippen LogP contribution in [0.4, 0.5) is 5.69 Å². The molecule has 9 nitrogen and oxygen atoms in total. The average molecular weight is 640 g/mol. The summed E-state index contributed by atoms with van der Waals surface area (Å²) < 4.78 is 31.8. The molecule has 0 aliphatic heterocycles. The van der Waals surface area contributed by atoms with Crippen LogP contribution in [0.15, 0.2) is 91.0 Å². The maximum absolute atomic E-state index is 12.6. The van der Waals surface area contributed by atoms with Gasteiger partial charge in [-0.2, -0.15) is 0 Å². The fraction of sp³-hybridized carbons (Fsp3) is 0.211. The van der Waals surface area contributed by atoms with E-state index in [0.717, 1.165) is 22.6 Å². The fourth-order valence-corrected chi connectivity index (χ4v) is 4.62. The lowest BCUT2D eigenvalue weighted by Gasteiger charge is -2.17. The van der Waals surface area contributed by atoms with Crippen LogP contribution in [0, 0.1) is 0 Å². The zero-order valence-electron chi connectivity index (χ0n) is 28.0. The summed E-state index contributed by atoms with van der Waals surface area (Å²) in [4.78, 5) is 26.6. The first kappa shape index (κ1) is 35.8. The van der Waals surface area contributed by atoms with Crippen LogP contribution < -0.4 is 33.3 Å². The maximum atomic E-state index is 12.6. The van der Waals surface area contributed by atoms with Crippen LogP contribution in [0.2, 0.25) is 0 Å². The number of hydrogen-bond acceptors (Lipinski definition) is 9. The van der Waals surface area contributed by atoms with E-state index in [1.165, 1.54) is 19.3 Å². The number of anilines is 1. The molecule has 0 amide bonds. The van der Waals surface area contributed by atoms with Gasteiger partial charge in [-0.1, -0.05) is 48.5 Å². The van der Waals surface area contributed by atoms with Crippen molar-refractivity contribution in [3.63, 3.8) is 0 Å². The number of para-hydroxylation sites is 1. The molecule has 9 heteroatoms. The molecule has 0 radical (unpaired) electrons. The smallest absolute Gasteiger partial charge is 0.203 e. The third-order valence-corrected chi connectivity index (χ3v) is 6.99. The van der Waals surface area contributed by atoms with Gasteiger partial charge in [-0.25, -0.2) is 0 Å². The molecular formula is C38H41NO8. The number of ether oxygens (including phenoxy) is 6. The molecular weight excluding hydrogens is 598 g/mol. The van der Waals surface area contributed by atoms with Gasteiger partial charge in [-0.05, 0) is 60.2 Å². The van der Waals surface area contributed by atoms with Gasteiger partial charge < -0.3 is 33.3 Å². The molecule has 4 aromatic rings. The molecule has 0 heterocycles. The van der Waals surface area contributed by atoms with Gasteiger partial charge >= 0.3 is 0 Å². The van der Waals surface area contributed by atoms with Gasteiger partial charge in [0.25, 0.3) is 0 Å². The van der Waals surface area contributed by atoms with E-state index < -0.39 is 0 Å². The zero-order valence-corrected chi connectivity index (χ0v) is 28.0. The number of ketones is 2. The first-order valence-corrected chi connectivity index (χ1v) is 14.6. The lowest BCUT2D eigenvalue weighted by Crippen LogP contribution is -2.10. The van der Waals surface area contributed by atoms with Crippen LogP contribution >= 0.6 is 0 Å². The van der Waals surface area contributed by atoms with E-state index in [0.29, 0.717) is 39.9 Å². The van der Waals surface area contributed by atoms with Crippen molar-refractivity contribution in [2.75, 3.05) is 61.7 Å². The Hall–Kier alpha value is -5.70. The molecule has 0 saturated carbocycles. The normalized spacial score (nSPS) is 10.6. The van der Waals surface area contributed by atoms with Gasteiger partial charge in [0, 0.05) is 25.2 Å². The minimum absolute atomic E-state index is 0.0718. The van der Waals surface area contributed by atoms with Crippen LogP contribution in [0.3, 0.4) is 0 Å². The number of carbonyl (C=O) groups is 2. The lowest BCUT2D eigenvalue weighted by molar-refractivity contribution is 0.103. The van der Waals surface area contributed by atoms with E-state index in [2.05, 4.69) is 0 Å². The van der Waals surface area contributed by atoms with Crippen molar-refractivity contribution < 1.29 is 38.0 Å². The first-order chi connectivity index (χ1) is 22.7. The van der Waals surface area contributed by atoms with Gasteiger partial charge in [-0.15, -0.1) is 0 Å². The Morgan fingerprint density at radius 1 is 0.553 bits per heavy atom. The predicted octanol–water partition coefficient (Wildman–Crippen LogP) is 7.28. The highest BCUT2D eigenvalue weighted by atomic mass is 16.5. The molecule has 0 unspecified atom stereocenters. The van der Waals surface area contributed by atoms with Crippen molar-refractivity contribution in [3.05, 3.63) is 113 Å². The Labute approximate surface area is 276 Å². The molecule has 4 aromatic carbocycles. The molecule has 0 aromatic heterocycles. The monoisotopic (exact) mass is 639 g/mol. The summed E-state index contributed by atoms with van der Waals surface area (Å²) in [5.74, 6) is 3.12. The average Bonchev–Trinajstić information content (AvgIpc) is 3.12. The minimum atomic E-state index is -0.155. The molecule has 0 fully saturated rings. The number of carbonyl (C=O) groups excluding carboxylic acids is 2. The number of benzene rings is 4. The van der Waals surface area contributed by atoms with Crippen molar-refractivity contribution in [3.8, 4) is 34.5 Å². The fourth-order valence-electron chi connectivity index (χ4n) is 4.62. The van der Waals surface area contributed by atoms with E-state index in [1.807, 2.05) is 61.5 Å². The van der Waals surface area contributed by atoms with Gasteiger partial charge in [-0.3, -0.25) is 9.59 Å². The third kappa shape index (κ3) is 9.17. The molecule has 47 heavy (non-hydrogen) atoms. The summed E-state index contributed by atoms with van der Waals surface area (Å²) >= 11 is 0. The van der Waals surface area contributed by atoms with Crippen LogP contribution in [-0.2, 0) is 0 Å². The van der Waals surface area contributed by atoms with E-state index >= 15 is 0 Å². The second kappa shape index (κ2) is 17.7. The van der Waals surface area contributed by atoms with Gasteiger partial charge in [0.15, 0.2) is 34.6 Å². The highest BCUT2D eigenvalue weighted by molar-refractivity contribution is 6.09. The minimum Gasteiger partial charge on any atom is -0.495 e. The van der Waals surface area contributed by atoms with E-state index in [1.54, 1.807) is 84.1 Å². The maximum Gasteiger partial charge on any atom is 0.203 e. The molecule has 246 valence electrons. The first-order valence-electron chi connectivity index (χ1n) is 14.6. The molecule has 0 N–H and O–H groups in total. The van der Waals surface area contributed by atoms with Crippen LogP contribution in [0.5, 0.6) is 34.5 Å². The van der Waals surface area contributed by atoms with Crippen molar-refractivity contribution in [2.24, 2.45) is 0 Å². The molecule has 4 rings (SSSR count). The van der Waals surface area contributed by atoms with Crippen LogP contribution in [-0.4, -0.2) is 68.3 Å².